The van der Waals surface area contributed by atoms with Crippen molar-refractivity contribution in [3.63, 3.8) is 0 Å². The lowest BCUT2D eigenvalue weighted by Crippen LogP contribution is -2.45. The number of hydrogen-bond donors (Lipinski definition) is 1. The minimum atomic E-state index is 0.310. The maximum absolute atomic E-state index is 6.33. The van der Waals surface area contributed by atoms with Crippen LogP contribution in [-0.2, 0) is 0 Å². The molecule has 0 radical (unpaired) electrons. The van der Waals surface area contributed by atoms with E-state index in [-0.39, 0.29) is 0 Å². The maximum Gasteiger partial charge on any atom is 0.0652 e. The molecule has 3 nitrogen and oxygen atoms in total. The van der Waals surface area contributed by atoms with Gasteiger partial charge in [-0.2, -0.15) is 0 Å². The zero-order chi connectivity index (χ0) is 13.7. The van der Waals surface area contributed by atoms with Crippen molar-refractivity contribution in [2.24, 2.45) is 0 Å². The fraction of sp³-hybridized carbons (Fsp3) is 0.643. The third-order valence-electron chi connectivity index (χ3n) is 3.65. The van der Waals surface area contributed by atoms with Gasteiger partial charge in [-0.3, -0.25) is 9.88 Å². The lowest BCUT2D eigenvalue weighted by Gasteiger charge is -2.36. The number of rotatable bonds is 5. The summed E-state index contributed by atoms with van der Waals surface area (Å²) in [5.74, 6) is 0. The van der Waals surface area contributed by atoms with Crippen LogP contribution >= 0.6 is 23.2 Å². The van der Waals surface area contributed by atoms with Crippen LogP contribution in [0.15, 0.2) is 12.4 Å². The van der Waals surface area contributed by atoms with Gasteiger partial charge in [0.25, 0.3) is 0 Å². The van der Waals surface area contributed by atoms with Crippen LogP contribution in [0.2, 0.25) is 10.0 Å². The van der Waals surface area contributed by atoms with Crippen molar-refractivity contribution in [1.29, 1.82) is 0 Å². The topological polar surface area (TPSA) is 28.2 Å². The Morgan fingerprint density at radius 2 is 1.89 bits per heavy atom. The molecule has 0 saturated carbocycles. The SMILES string of the molecule is CCCC[C@@H](c1c(Cl)cncc1Cl)N1CCNCC1. The van der Waals surface area contributed by atoms with E-state index in [0.717, 1.165) is 38.2 Å². The molecule has 0 aromatic carbocycles. The highest BCUT2D eigenvalue weighted by Gasteiger charge is 2.25. The standard InChI is InChI=1S/C14H21Cl2N3/c1-2-3-4-13(19-7-5-17-6-8-19)14-11(15)9-18-10-12(14)16/h9-10,13,17H,2-8H2,1H3/t13-/m0/s1. The average Bonchev–Trinajstić information content (AvgIpc) is 2.43. The number of halogens is 2. The number of piperazine rings is 1. The molecule has 0 unspecified atom stereocenters. The van der Waals surface area contributed by atoms with Gasteiger partial charge in [0.1, 0.15) is 0 Å². The summed E-state index contributed by atoms with van der Waals surface area (Å²) in [6.07, 6.45) is 6.86. The van der Waals surface area contributed by atoms with E-state index in [0.29, 0.717) is 16.1 Å². The van der Waals surface area contributed by atoms with E-state index in [4.69, 9.17) is 23.2 Å². The normalized spacial score (nSPS) is 18.5. The predicted octanol–water partition coefficient (Wildman–Crippen LogP) is 3.52. The third-order valence-corrected chi connectivity index (χ3v) is 4.25. The Labute approximate surface area is 125 Å². The molecule has 1 aliphatic rings. The summed E-state index contributed by atoms with van der Waals surface area (Å²) in [4.78, 5) is 6.54. The highest BCUT2D eigenvalue weighted by Crippen LogP contribution is 2.36. The van der Waals surface area contributed by atoms with Crippen LogP contribution in [0.1, 0.15) is 37.8 Å². The number of nitrogens with zero attached hydrogens (tertiary/aromatic N) is 2. The van der Waals surface area contributed by atoms with Crippen molar-refractivity contribution >= 4 is 23.2 Å². The van der Waals surface area contributed by atoms with Crippen molar-refractivity contribution < 1.29 is 0 Å². The van der Waals surface area contributed by atoms with E-state index in [1.54, 1.807) is 12.4 Å². The van der Waals surface area contributed by atoms with Gasteiger partial charge in [-0.15, -0.1) is 0 Å². The molecule has 1 fully saturated rings. The lowest BCUT2D eigenvalue weighted by molar-refractivity contribution is 0.163. The molecular formula is C14H21Cl2N3. The average molecular weight is 302 g/mol. The van der Waals surface area contributed by atoms with Crippen LogP contribution in [0.5, 0.6) is 0 Å². The summed E-state index contributed by atoms with van der Waals surface area (Å²) < 4.78 is 0. The van der Waals surface area contributed by atoms with Crippen LogP contribution in [-0.4, -0.2) is 36.1 Å². The van der Waals surface area contributed by atoms with Gasteiger partial charge in [0.2, 0.25) is 0 Å². The first-order valence-electron chi connectivity index (χ1n) is 6.97. The fourth-order valence-corrected chi connectivity index (χ4v) is 3.26. The molecule has 1 aromatic rings. The first kappa shape index (κ1) is 15.0. The summed E-state index contributed by atoms with van der Waals surface area (Å²) in [5, 5.41) is 4.76. The summed E-state index contributed by atoms with van der Waals surface area (Å²) in [5.41, 5.74) is 1.05. The molecule has 2 rings (SSSR count). The monoisotopic (exact) mass is 301 g/mol. The van der Waals surface area contributed by atoms with Crippen molar-refractivity contribution in [2.45, 2.75) is 32.2 Å². The van der Waals surface area contributed by atoms with Gasteiger partial charge in [-0.25, -0.2) is 0 Å². The molecular weight excluding hydrogens is 281 g/mol. The Morgan fingerprint density at radius 1 is 1.26 bits per heavy atom. The quantitative estimate of drug-likeness (QED) is 0.902. The van der Waals surface area contributed by atoms with Crippen LogP contribution in [0.25, 0.3) is 0 Å². The van der Waals surface area contributed by atoms with Crippen LogP contribution in [0.4, 0.5) is 0 Å². The first-order valence-corrected chi connectivity index (χ1v) is 7.73. The summed E-state index contributed by atoms with van der Waals surface area (Å²) in [6.45, 7) is 6.36. The second-order valence-corrected chi connectivity index (χ2v) is 5.78. The molecule has 1 aliphatic heterocycles. The first-order chi connectivity index (χ1) is 9.24. The Kier molecular flexibility index (Phi) is 5.89. The van der Waals surface area contributed by atoms with Crippen molar-refractivity contribution in [3.05, 3.63) is 28.0 Å². The van der Waals surface area contributed by atoms with E-state index in [1.807, 2.05) is 0 Å². The summed E-state index contributed by atoms with van der Waals surface area (Å²) >= 11 is 12.7. The van der Waals surface area contributed by atoms with Gasteiger partial charge in [0, 0.05) is 50.2 Å². The molecule has 106 valence electrons. The van der Waals surface area contributed by atoms with Crippen LogP contribution in [0.3, 0.4) is 0 Å². The zero-order valence-electron chi connectivity index (χ0n) is 11.3. The van der Waals surface area contributed by atoms with E-state index >= 15 is 0 Å². The summed E-state index contributed by atoms with van der Waals surface area (Å²) in [6, 6.07) is 0.310. The second-order valence-electron chi connectivity index (χ2n) is 4.96. The lowest BCUT2D eigenvalue weighted by atomic mass is 9.99. The molecule has 0 amide bonds. The Balaban J connectivity index is 2.25. The van der Waals surface area contributed by atoms with E-state index in [1.165, 1.54) is 12.8 Å². The molecule has 1 N–H and O–H groups in total. The van der Waals surface area contributed by atoms with Gasteiger partial charge in [0.05, 0.1) is 10.0 Å². The molecule has 5 heteroatoms. The van der Waals surface area contributed by atoms with Gasteiger partial charge in [-0.05, 0) is 6.42 Å². The number of aromatic nitrogens is 1. The third kappa shape index (κ3) is 3.82. The molecule has 0 aliphatic carbocycles. The highest BCUT2D eigenvalue weighted by molar-refractivity contribution is 6.35. The molecule has 1 atom stereocenters. The summed E-state index contributed by atoms with van der Waals surface area (Å²) in [7, 11) is 0. The fourth-order valence-electron chi connectivity index (χ4n) is 2.64. The number of nitrogens with one attached hydrogen (secondary N) is 1. The van der Waals surface area contributed by atoms with E-state index in [9.17, 15) is 0 Å². The molecule has 1 saturated heterocycles. The molecule has 1 aromatic heterocycles. The minimum absolute atomic E-state index is 0.310. The van der Waals surface area contributed by atoms with Gasteiger partial charge in [0.15, 0.2) is 0 Å². The van der Waals surface area contributed by atoms with Crippen LogP contribution in [0, 0.1) is 0 Å². The molecule has 0 bridgehead atoms. The minimum Gasteiger partial charge on any atom is -0.314 e. The largest absolute Gasteiger partial charge is 0.314 e. The highest BCUT2D eigenvalue weighted by atomic mass is 35.5. The van der Waals surface area contributed by atoms with Crippen LogP contribution < -0.4 is 5.32 Å². The number of pyridine rings is 1. The Bertz CT molecular complexity index is 385. The second kappa shape index (κ2) is 7.44. The Morgan fingerprint density at radius 3 is 2.47 bits per heavy atom. The van der Waals surface area contributed by atoms with E-state index < -0.39 is 0 Å². The number of unbranched alkanes of at least 4 members (excludes halogenated alkanes) is 1. The van der Waals surface area contributed by atoms with Gasteiger partial charge < -0.3 is 5.32 Å². The number of hydrogen-bond acceptors (Lipinski definition) is 3. The van der Waals surface area contributed by atoms with E-state index in [2.05, 4.69) is 22.1 Å². The van der Waals surface area contributed by atoms with Gasteiger partial charge >= 0.3 is 0 Å². The molecule has 0 spiro atoms. The van der Waals surface area contributed by atoms with Gasteiger partial charge in [-0.1, -0.05) is 43.0 Å². The zero-order valence-corrected chi connectivity index (χ0v) is 12.8. The maximum atomic E-state index is 6.33. The van der Waals surface area contributed by atoms with Crippen molar-refractivity contribution in [2.75, 3.05) is 26.2 Å². The predicted molar refractivity (Wildman–Crippen MR) is 81.0 cm³/mol. The van der Waals surface area contributed by atoms with Crippen molar-refractivity contribution in [1.82, 2.24) is 15.2 Å². The smallest absolute Gasteiger partial charge is 0.0652 e. The molecule has 19 heavy (non-hydrogen) atoms. The molecule has 2 heterocycles. The van der Waals surface area contributed by atoms with Crippen molar-refractivity contribution in [3.8, 4) is 0 Å². The Hall–Kier alpha value is -0.350.